The predicted octanol–water partition coefficient (Wildman–Crippen LogP) is 4.44. The number of anilines is 2. The van der Waals surface area contributed by atoms with Crippen molar-refractivity contribution in [2.45, 2.75) is 33.1 Å². The standard InChI is InChI=1S/C29H34N2O9/c1-15(2)28(34)31-20-10-8-17(13-23(20)37-5)30-24(33)14-19(25-21(32)12-16(3)40-29(25)35)18-9-11-22(36-4)27(39-7)26(18)38-6/h8-13,15,19,32H,14H2,1-7H3,(H,30,33)(H,31,34)/t19-/m0/s1. The molecule has 1 atom stereocenters. The van der Waals surface area contributed by atoms with Crippen LogP contribution in [0, 0.1) is 12.8 Å². The molecular weight excluding hydrogens is 520 g/mol. The highest BCUT2D eigenvalue weighted by molar-refractivity contribution is 5.95. The second kappa shape index (κ2) is 12.9. The van der Waals surface area contributed by atoms with Crippen LogP contribution in [0.25, 0.3) is 0 Å². The number of amides is 2. The third-order valence-corrected chi connectivity index (χ3v) is 6.21. The van der Waals surface area contributed by atoms with Gasteiger partial charge in [0, 0.05) is 41.6 Å². The topological polar surface area (TPSA) is 146 Å². The Balaban J connectivity index is 2.03. The third kappa shape index (κ3) is 6.48. The van der Waals surface area contributed by atoms with Crippen molar-refractivity contribution in [3.8, 4) is 28.7 Å². The lowest BCUT2D eigenvalue weighted by Gasteiger charge is -2.22. The van der Waals surface area contributed by atoms with E-state index in [1.165, 1.54) is 41.4 Å². The number of rotatable bonds is 11. The van der Waals surface area contributed by atoms with Crippen molar-refractivity contribution in [1.82, 2.24) is 0 Å². The number of nitrogens with one attached hydrogen (secondary N) is 2. The molecule has 0 fully saturated rings. The van der Waals surface area contributed by atoms with Crippen molar-refractivity contribution in [3.05, 3.63) is 63.7 Å². The SMILES string of the molecule is COc1cc(NC(=O)C[C@@H](c2ccc(OC)c(OC)c2OC)c2c(O)cc(C)oc2=O)ccc1NC(=O)C(C)C. The highest BCUT2D eigenvalue weighted by atomic mass is 16.5. The molecule has 0 radical (unpaired) electrons. The molecule has 0 spiro atoms. The molecule has 2 aromatic carbocycles. The summed E-state index contributed by atoms with van der Waals surface area (Å²) in [6.45, 7) is 5.07. The van der Waals surface area contributed by atoms with Crippen LogP contribution in [0.1, 0.15) is 43.1 Å². The van der Waals surface area contributed by atoms with Gasteiger partial charge in [-0.2, -0.15) is 0 Å². The number of aromatic hydroxyl groups is 1. The van der Waals surface area contributed by atoms with Gasteiger partial charge in [-0.05, 0) is 25.1 Å². The van der Waals surface area contributed by atoms with E-state index in [4.69, 9.17) is 23.4 Å². The van der Waals surface area contributed by atoms with Gasteiger partial charge >= 0.3 is 5.63 Å². The van der Waals surface area contributed by atoms with E-state index in [2.05, 4.69) is 10.6 Å². The molecule has 11 nitrogen and oxygen atoms in total. The summed E-state index contributed by atoms with van der Waals surface area (Å²) in [4.78, 5) is 38.4. The fraction of sp³-hybridized carbons (Fsp3) is 0.345. The van der Waals surface area contributed by atoms with Crippen molar-refractivity contribution < 1.29 is 38.1 Å². The molecule has 214 valence electrons. The molecule has 0 bridgehead atoms. The minimum atomic E-state index is -0.988. The van der Waals surface area contributed by atoms with E-state index in [1.807, 2.05) is 0 Å². The van der Waals surface area contributed by atoms with Gasteiger partial charge in [0.25, 0.3) is 0 Å². The maximum Gasteiger partial charge on any atom is 0.343 e. The maximum absolute atomic E-state index is 13.4. The summed E-state index contributed by atoms with van der Waals surface area (Å²) < 4.78 is 27.1. The highest BCUT2D eigenvalue weighted by Gasteiger charge is 2.31. The van der Waals surface area contributed by atoms with Gasteiger partial charge in [0.1, 0.15) is 17.3 Å². The van der Waals surface area contributed by atoms with E-state index in [0.717, 1.165) is 0 Å². The summed E-state index contributed by atoms with van der Waals surface area (Å²) in [6, 6.07) is 9.35. The molecule has 3 N–H and O–H groups in total. The van der Waals surface area contributed by atoms with Crippen LogP contribution in [-0.2, 0) is 9.59 Å². The van der Waals surface area contributed by atoms with Crippen LogP contribution in [0.4, 0.5) is 11.4 Å². The van der Waals surface area contributed by atoms with Crippen LogP contribution in [-0.4, -0.2) is 45.4 Å². The Hall–Kier alpha value is -4.67. The van der Waals surface area contributed by atoms with Crippen molar-refractivity contribution in [3.63, 3.8) is 0 Å². The monoisotopic (exact) mass is 554 g/mol. The van der Waals surface area contributed by atoms with Crippen LogP contribution in [0.3, 0.4) is 0 Å². The number of hydrogen-bond acceptors (Lipinski definition) is 9. The third-order valence-electron chi connectivity index (χ3n) is 6.21. The first-order valence-corrected chi connectivity index (χ1v) is 12.5. The summed E-state index contributed by atoms with van der Waals surface area (Å²) >= 11 is 0. The van der Waals surface area contributed by atoms with Gasteiger partial charge in [-0.3, -0.25) is 9.59 Å². The fourth-order valence-electron chi connectivity index (χ4n) is 4.24. The highest BCUT2D eigenvalue weighted by Crippen LogP contribution is 2.46. The summed E-state index contributed by atoms with van der Waals surface area (Å²) in [5.74, 6) is -0.784. The van der Waals surface area contributed by atoms with Gasteiger partial charge in [-0.15, -0.1) is 0 Å². The summed E-state index contributed by atoms with van der Waals surface area (Å²) in [7, 11) is 5.77. The Kier molecular flexibility index (Phi) is 9.65. The predicted molar refractivity (Wildman–Crippen MR) is 149 cm³/mol. The van der Waals surface area contributed by atoms with E-state index < -0.39 is 17.5 Å². The zero-order valence-electron chi connectivity index (χ0n) is 23.5. The molecule has 1 aromatic heterocycles. The van der Waals surface area contributed by atoms with Crippen LogP contribution in [0.2, 0.25) is 0 Å². The van der Waals surface area contributed by atoms with Crippen molar-refractivity contribution >= 4 is 23.2 Å². The van der Waals surface area contributed by atoms with E-state index in [1.54, 1.807) is 44.2 Å². The zero-order valence-corrected chi connectivity index (χ0v) is 23.5. The zero-order chi connectivity index (χ0) is 29.6. The van der Waals surface area contributed by atoms with Gasteiger partial charge in [0.2, 0.25) is 17.6 Å². The number of aryl methyl sites for hydroxylation is 1. The summed E-state index contributed by atoms with van der Waals surface area (Å²) in [5, 5.41) is 16.3. The number of carbonyl (C=O) groups excluding carboxylic acids is 2. The lowest BCUT2D eigenvalue weighted by atomic mass is 9.87. The molecule has 0 aliphatic carbocycles. The van der Waals surface area contributed by atoms with Crippen LogP contribution < -0.4 is 35.2 Å². The average molecular weight is 555 g/mol. The normalized spacial score (nSPS) is 11.5. The van der Waals surface area contributed by atoms with E-state index in [-0.39, 0.29) is 46.8 Å². The molecule has 3 rings (SSSR count). The Morgan fingerprint density at radius 2 is 1.57 bits per heavy atom. The van der Waals surface area contributed by atoms with E-state index in [0.29, 0.717) is 28.4 Å². The second-order valence-corrected chi connectivity index (χ2v) is 9.23. The maximum atomic E-state index is 13.4. The quantitative estimate of drug-likeness (QED) is 0.313. The molecule has 0 unspecified atom stereocenters. The van der Waals surface area contributed by atoms with E-state index >= 15 is 0 Å². The molecule has 0 aliphatic rings. The lowest BCUT2D eigenvalue weighted by Crippen LogP contribution is -2.22. The second-order valence-electron chi connectivity index (χ2n) is 9.23. The largest absolute Gasteiger partial charge is 0.507 e. The van der Waals surface area contributed by atoms with Crippen LogP contribution in [0.15, 0.2) is 45.6 Å². The molecular formula is C29H34N2O9. The van der Waals surface area contributed by atoms with Crippen molar-refractivity contribution in [2.24, 2.45) is 5.92 Å². The fourth-order valence-corrected chi connectivity index (χ4v) is 4.24. The van der Waals surface area contributed by atoms with Gasteiger partial charge < -0.3 is 39.1 Å². The molecule has 0 saturated heterocycles. The number of methoxy groups -OCH3 is 4. The van der Waals surface area contributed by atoms with Gasteiger partial charge in [0.05, 0.1) is 39.7 Å². The smallest absolute Gasteiger partial charge is 0.343 e. The first-order chi connectivity index (χ1) is 19.0. The van der Waals surface area contributed by atoms with Crippen molar-refractivity contribution in [1.29, 1.82) is 0 Å². The first-order valence-electron chi connectivity index (χ1n) is 12.5. The summed E-state index contributed by atoms with van der Waals surface area (Å²) in [5.41, 5.74) is 0.331. The minimum Gasteiger partial charge on any atom is -0.507 e. The number of benzene rings is 2. The molecule has 40 heavy (non-hydrogen) atoms. The Bertz CT molecular complexity index is 1450. The van der Waals surface area contributed by atoms with E-state index in [9.17, 15) is 19.5 Å². The van der Waals surface area contributed by atoms with Crippen LogP contribution >= 0.6 is 0 Å². The molecule has 0 saturated carbocycles. The Morgan fingerprint density at radius 1 is 0.900 bits per heavy atom. The lowest BCUT2D eigenvalue weighted by molar-refractivity contribution is -0.119. The first kappa shape index (κ1) is 29.9. The number of ether oxygens (including phenoxy) is 4. The number of hydrogen-bond donors (Lipinski definition) is 3. The average Bonchev–Trinajstić information content (AvgIpc) is 2.91. The number of carbonyl (C=O) groups is 2. The van der Waals surface area contributed by atoms with Gasteiger partial charge in [-0.25, -0.2) is 4.79 Å². The van der Waals surface area contributed by atoms with Crippen LogP contribution in [0.5, 0.6) is 28.7 Å². The molecule has 11 heteroatoms. The molecule has 2 amide bonds. The summed E-state index contributed by atoms with van der Waals surface area (Å²) in [6.07, 6.45) is -0.276. The molecule has 1 heterocycles. The molecule has 3 aromatic rings. The van der Waals surface area contributed by atoms with Gasteiger partial charge in [-0.1, -0.05) is 19.9 Å². The molecule has 0 aliphatic heterocycles. The minimum absolute atomic E-state index is 0.115. The van der Waals surface area contributed by atoms with Crippen molar-refractivity contribution in [2.75, 3.05) is 39.1 Å². The Labute approximate surface area is 232 Å². The Morgan fingerprint density at radius 3 is 2.15 bits per heavy atom. The van der Waals surface area contributed by atoms with Gasteiger partial charge in [0.15, 0.2) is 11.5 Å².